The molecular formula is C15H22N4O2. The number of benzene rings is 1. The summed E-state index contributed by atoms with van der Waals surface area (Å²) in [5.41, 5.74) is 5.82. The molecule has 0 amide bonds. The highest BCUT2D eigenvalue weighted by atomic mass is 16.5. The van der Waals surface area contributed by atoms with Crippen molar-refractivity contribution in [3.8, 4) is 11.5 Å². The summed E-state index contributed by atoms with van der Waals surface area (Å²) < 4.78 is 12.5. The number of nitrogens with zero attached hydrogens (tertiary/aromatic N) is 2. The molecule has 2 aromatic rings. The molecule has 0 fully saturated rings. The Balaban J connectivity index is 2.47. The van der Waals surface area contributed by atoms with Crippen LogP contribution in [0.1, 0.15) is 29.9 Å². The van der Waals surface area contributed by atoms with E-state index in [2.05, 4.69) is 23.5 Å². The van der Waals surface area contributed by atoms with Crippen molar-refractivity contribution < 1.29 is 9.47 Å². The first kappa shape index (κ1) is 15.3. The summed E-state index contributed by atoms with van der Waals surface area (Å²) in [7, 11) is 5.17. The van der Waals surface area contributed by atoms with Crippen LogP contribution in [0.3, 0.4) is 0 Å². The molecule has 0 saturated heterocycles. The Bertz CT molecular complexity index is 587. The number of aromatic nitrogens is 2. The second kappa shape index (κ2) is 6.60. The van der Waals surface area contributed by atoms with Crippen LogP contribution >= 0.6 is 0 Å². The van der Waals surface area contributed by atoms with Gasteiger partial charge >= 0.3 is 0 Å². The summed E-state index contributed by atoms with van der Waals surface area (Å²) in [6.07, 6.45) is 0.882. The average molecular weight is 290 g/mol. The lowest BCUT2D eigenvalue weighted by atomic mass is 10.0. The summed E-state index contributed by atoms with van der Waals surface area (Å²) in [6.45, 7) is 2.07. The summed E-state index contributed by atoms with van der Waals surface area (Å²) in [4.78, 5) is 0. The highest BCUT2D eigenvalue weighted by molar-refractivity contribution is 5.42. The minimum absolute atomic E-state index is 0.188. The quantitative estimate of drug-likeness (QED) is 0.624. The van der Waals surface area contributed by atoms with E-state index in [4.69, 9.17) is 15.3 Å². The van der Waals surface area contributed by atoms with Gasteiger partial charge < -0.3 is 9.47 Å². The van der Waals surface area contributed by atoms with Crippen molar-refractivity contribution in [3.63, 3.8) is 0 Å². The third-order valence-corrected chi connectivity index (χ3v) is 3.50. The maximum Gasteiger partial charge on any atom is 0.122 e. The SMILES string of the molecule is CCc1cc(C(NN)c2cc(OC)cc(OC)c2)n(C)n1. The third-order valence-electron chi connectivity index (χ3n) is 3.50. The van der Waals surface area contributed by atoms with Gasteiger partial charge in [-0.3, -0.25) is 10.5 Å². The Hall–Kier alpha value is -2.05. The van der Waals surface area contributed by atoms with Gasteiger partial charge in [0, 0.05) is 13.1 Å². The van der Waals surface area contributed by atoms with E-state index in [1.807, 2.05) is 29.9 Å². The van der Waals surface area contributed by atoms with Crippen molar-refractivity contribution in [2.24, 2.45) is 12.9 Å². The Morgan fingerprint density at radius 3 is 2.24 bits per heavy atom. The van der Waals surface area contributed by atoms with Crippen LogP contribution in [0, 0.1) is 0 Å². The fourth-order valence-corrected chi connectivity index (χ4v) is 2.33. The molecule has 0 saturated carbocycles. The molecule has 0 bridgehead atoms. The van der Waals surface area contributed by atoms with E-state index in [9.17, 15) is 0 Å². The smallest absolute Gasteiger partial charge is 0.122 e. The molecule has 114 valence electrons. The van der Waals surface area contributed by atoms with Gasteiger partial charge in [-0.2, -0.15) is 5.10 Å². The molecule has 1 heterocycles. The van der Waals surface area contributed by atoms with Gasteiger partial charge in [-0.15, -0.1) is 0 Å². The molecular weight excluding hydrogens is 268 g/mol. The molecule has 2 rings (SSSR count). The Labute approximate surface area is 124 Å². The summed E-state index contributed by atoms with van der Waals surface area (Å²) >= 11 is 0. The molecule has 6 heteroatoms. The highest BCUT2D eigenvalue weighted by Crippen LogP contribution is 2.29. The van der Waals surface area contributed by atoms with Crippen LogP contribution < -0.4 is 20.7 Å². The molecule has 0 radical (unpaired) electrons. The largest absolute Gasteiger partial charge is 0.497 e. The predicted molar refractivity (Wildman–Crippen MR) is 81.3 cm³/mol. The maximum atomic E-state index is 5.77. The molecule has 1 atom stereocenters. The molecule has 0 aliphatic heterocycles. The van der Waals surface area contributed by atoms with E-state index in [-0.39, 0.29) is 6.04 Å². The normalized spacial score (nSPS) is 12.2. The molecule has 1 aromatic carbocycles. The first-order valence-corrected chi connectivity index (χ1v) is 6.84. The van der Waals surface area contributed by atoms with Crippen molar-refractivity contribution in [1.82, 2.24) is 15.2 Å². The minimum Gasteiger partial charge on any atom is -0.497 e. The van der Waals surface area contributed by atoms with Gasteiger partial charge in [-0.25, -0.2) is 5.43 Å². The Kier molecular flexibility index (Phi) is 4.82. The lowest BCUT2D eigenvalue weighted by molar-refractivity contribution is 0.392. The fraction of sp³-hybridized carbons (Fsp3) is 0.400. The fourth-order valence-electron chi connectivity index (χ4n) is 2.33. The van der Waals surface area contributed by atoms with Crippen LogP contribution in [0.4, 0.5) is 0 Å². The van der Waals surface area contributed by atoms with Crippen LogP contribution in [0.5, 0.6) is 11.5 Å². The van der Waals surface area contributed by atoms with Crippen molar-refractivity contribution in [2.75, 3.05) is 14.2 Å². The van der Waals surface area contributed by atoms with Gasteiger partial charge in [0.1, 0.15) is 11.5 Å². The minimum atomic E-state index is -0.188. The monoisotopic (exact) mass is 290 g/mol. The summed E-state index contributed by atoms with van der Waals surface area (Å²) in [6, 6.07) is 7.57. The van der Waals surface area contributed by atoms with Crippen molar-refractivity contribution in [2.45, 2.75) is 19.4 Å². The lowest BCUT2D eigenvalue weighted by Crippen LogP contribution is -2.30. The van der Waals surface area contributed by atoms with Crippen LogP contribution in [-0.4, -0.2) is 24.0 Å². The van der Waals surface area contributed by atoms with Gasteiger partial charge in [0.2, 0.25) is 0 Å². The van der Waals surface area contributed by atoms with Crippen LogP contribution in [-0.2, 0) is 13.5 Å². The van der Waals surface area contributed by atoms with Gasteiger partial charge in [0.25, 0.3) is 0 Å². The second-order valence-corrected chi connectivity index (χ2v) is 4.78. The Morgan fingerprint density at radius 2 is 1.81 bits per heavy atom. The van der Waals surface area contributed by atoms with E-state index in [0.29, 0.717) is 0 Å². The number of aryl methyl sites for hydroxylation is 2. The first-order valence-electron chi connectivity index (χ1n) is 6.84. The van der Waals surface area contributed by atoms with Crippen LogP contribution in [0.15, 0.2) is 24.3 Å². The lowest BCUT2D eigenvalue weighted by Gasteiger charge is -2.18. The zero-order valence-electron chi connectivity index (χ0n) is 12.9. The predicted octanol–water partition coefficient (Wildman–Crippen LogP) is 1.55. The second-order valence-electron chi connectivity index (χ2n) is 4.78. The van der Waals surface area contributed by atoms with E-state index in [1.165, 1.54) is 0 Å². The third kappa shape index (κ3) is 3.17. The molecule has 1 unspecified atom stereocenters. The van der Waals surface area contributed by atoms with Crippen molar-refractivity contribution >= 4 is 0 Å². The Morgan fingerprint density at radius 1 is 1.19 bits per heavy atom. The molecule has 0 spiro atoms. The molecule has 6 nitrogen and oxygen atoms in total. The van der Waals surface area contributed by atoms with Gasteiger partial charge in [-0.1, -0.05) is 6.92 Å². The number of hydrazine groups is 1. The molecule has 3 N–H and O–H groups in total. The molecule has 0 aliphatic rings. The number of ether oxygens (including phenoxy) is 2. The topological polar surface area (TPSA) is 74.3 Å². The summed E-state index contributed by atoms with van der Waals surface area (Å²) in [5.74, 6) is 7.22. The van der Waals surface area contributed by atoms with Gasteiger partial charge in [0.15, 0.2) is 0 Å². The van der Waals surface area contributed by atoms with Crippen LogP contribution in [0.2, 0.25) is 0 Å². The van der Waals surface area contributed by atoms with Crippen molar-refractivity contribution in [3.05, 3.63) is 41.2 Å². The van der Waals surface area contributed by atoms with Crippen LogP contribution in [0.25, 0.3) is 0 Å². The standard InChI is InChI=1S/C15H22N4O2/c1-5-11-8-14(19(2)18-11)15(17-16)10-6-12(20-3)9-13(7-10)21-4/h6-9,15,17H,5,16H2,1-4H3. The van der Waals surface area contributed by atoms with E-state index < -0.39 is 0 Å². The zero-order chi connectivity index (χ0) is 15.4. The number of nitrogens with two attached hydrogens (primary N) is 1. The van der Waals surface area contributed by atoms with Crippen molar-refractivity contribution in [1.29, 1.82) is 0 Å². The van der Waals surface area contributed by atoms with E-state index >= 15 is 0 Å². The average Bonchev–Trinajstić information content (AvgIpc) is 2.89. The number of hydrogen-bond acceptors (Lipinski definition) is 5. The van der Waals surface area contributed by atoms with E-state index in [1.54, 1.807) is 14.2 Å². The van der Waals surface area contributed by atoms with E-state index in [0.717, 1.165) is 34.9 Å². The number of rotatable bonds is 6. The zero-order valence-corrected chi connectivity index (χ0v) is 12.9. The summed E-state index contributed by atoms with van der Waals surface area (Å²) in [5, 5.41) is 4.47. The number of methoxy groups -OCH3 is 2. The molecule has 21 heavy (non-hydrogen) atoms. The number of hydrogen-bond donors (Lipinski definition) is 2. The molecule has 1 aromatic heterocycles. The highest BCUT2D eigenvalue weighted by Gasteiger charge is 2.19. The molecule has 0 aliphatic carbocycles. The maximum absolute atomic E-state index is 5.77. The van der Waals surface area contributed by atoms with Gasteiger partial charge in [0.05, 0.1) is 31.6 Å². The number of nitrogens with one attached hydrogen (secondary N) is 1. The first-order chi connectivity index (χ1) is 10.1. The van der Waals surface area contributed by atoms with Gasteiger partial charge in [-0.05, 0) is 30.2 Å².